The molecular formula is C10H15N7O. The highest BCUT2D eigenvalue weighted by Gasteiger charge is 2.09. The number of nitrogen functional groups attached to an aromatic ring is 1. The fraction of sp³-hybridized carbons (Fsp3) is 0.400. The van der Waals surface area contributed by atoms with Crippen LogP contribution in [0.15, 0.2) is 12.4 Å². The molecule has 0 bridgehead atoms. The summed E-state index contributed by atoms with van der Waals surface area (Å²) in [6.07, 6.45) is 3.36. The summed E-state index contributed by atoms with van der Waals surface area (Å²) < 4.78 is 7.22. The van der Waals surface area contributed by atoms with E-state index in [0.29, 0.717) is 11.7 Å². The lowest BCUT2D eigenvalue weighted by Crippen LogP contribution is -2.14. The van der Waals surface area contributed by atoms with Crippen molar-refractivity contribution in [2.24, 2.45) is 0 Å². The van der Waals surface area contributed by atoms with Crippen LogP contribution in [0.25, 0.3) is 0 Å². The van der Waals surface area contributed by atoms with Gasteiger partial charge in [-0.15, -0.1) is 0 Å². The van der Waals surface area contributed by atoms with Crippen molar-refractivity contribution in [3.05, 3.63) is 12.4 Å². The molecule has 2 N–H and O–H groups in total. The van der Waals surface area contributed by atoms with Gasteiger partial charge in [0.15, 0.2) is 5.75 Å². The van der Waals surface area contributed by atoms with Crippen LogP contribution in [0.1, 0.15) is 6.92 Å². The molecule has 0 radical (unpaired) electrons. The van der Waals surface area contributed by atoms with Gasteiger partial charge in [0.05, 0.1) is 12.4 Å². The van der Waals surface area contributed by atoms with Crippen molar-refractivity contribution >= 4 is 11.9 Å². The molecular weight excluding hydrogens is 234 g/mol. The maximum absolute atomic E-state index is 5.59. The number of anilines is 2. The lowest BCUT2D eigenvalue weighted by Gasteiger charge is -2.10. The van der Waals surface area contributed by atoms with Crippen LogP contribution in [0.2, 0.25) is 0 Å². The van der Waals surface area contributed by atoms with Gasteiger partial charge in [-0.05, 0) is 6.92 Å². The Hall–Kier alpha value is -2.38. The minimum Gasteiger partial charge on any atom is -0.421 e. The van der Waals surface area contributed by atoms with E-state index in [1.54, 1.807) is 22.0 Å². The van der Waals surface area contributed by atoms with Gasteiger partial charge in [-0.1, -0.05) is 0 Å². The fourth-order valence-corrected chi connectivity index (χ4v) is 1.28. The van der Waals surface area contributed by atoms with Crippen LogP contribution in [0, 0.1) is 0 Å². The van der Waals surface area contributed by atoms with Crippen LogP contribution in [-0.4, -0.2) is 38.8 Å². The molecule has 2 aromatic rings. The number of rotatable bonds is 4. The van der Waals surface area contributed by atoms with Gasteiger partial charge in [-0.2, -0.15) is 20.1 Å². The molecule has 0 fully saturated rings. The molecule has 8 heteroatoms. The first-order valence-electron chi connectivity index (χ1n) is 5.47. The zero-order chi connectivity index (χ0) is 13.1. The molecule has 2 rings (SSSR count). The van der Waals surface area contributed by atoms with Gasteiger partial charge in [0.25, 0.3) is 0 Å². The number of hydrogen-bond donors (Lipinski definition) is 1. The molecule has 96 valence electrons. The van der Waals surface area contributed by atoms with Crippen molar-refractivity contribution in [3.63, 3.8) is 0 Å². The number of ether oxygens (including phenoxy) is 1. The van der Waals surface area contributed by atoms with E-state index in [2.05, 4.69) is 20.1 Å². The van der Waals surface area contributed by atoms with Crippen molar-refractivity contribution < 1.29 is 4.74 Å². The third-order valence-electron chi connectivity index (χ3n) is 2.16. The molecule has 0 atom stereocenters. The van der Waals surface area contributed by atoms with Crippen molar-refractivity contribution in [2.75, 3.05) is 24.7 Å². The van der Waals surface area contributed by atoms with Crippen molar-refractivity contribution in [1.82, 2.24) is 24.7 Å². The fourth-order valence-electron chi connectivity index (χ4n) is 1.28. The summed E-state index contributed by atoms with van der Waals surface area (Å²) in [4.78, 5) is 13.7. The van der Waals surface area contributed by atoms with E-state index in [-0.39, 0.29) is 12.0 Å². The normalized spacial score (nSPS) is 10.4. The molecule has 2 aromatic heterocycles. The Kier molecular flexibility index (Phi) is 3.26. The van der Waals surface area contributed by atoms with E-state index in [1.165, 1.54) is 0 Å². The standard InChI is InChI=1S/C10H15N7O/c1-4-17-6-7(5-12-17)18-10-14-8(11)13-9(15-10)16(2)3/h5-6H,4H2,1-3H3,(H2,11,13,14,15). The first-order valence-corrected chi connectivity index (χ1v) is 5.47. The van der Waals surface area contributed by atoms with Crippen molar-refractivity contribution in [1.29, 1.82) is 0 Å². The highest BCUT2D eigenvalue weighted by atomic mass is 16.5. The average Bonchev–Trinajstić information content (AvgIpc) is 2.76. The first-order chi connectivity index (χ1) is 8.58. The van der Waals surface area contributed by atoms with Gasteiger partial charge in [0.1, 0.15) is 0 Å². The van der Waals surface area contributed by atoms with Crippen LogP contribution in [0.5, 0.6) is 11.8 Å². The van der Waals surface area contributed by atoms with E-state index in [9.17, 15) is 0 Å². The molecule has 0 unspecified atom stereocenters. The van der Waals surface area contributed by atoms with Crippen molar-refractivity contribution in [2.45, 2.75) is 13.5 Å². The summed E-state index contributed by atoms with van der Waals surface area (Å²) in [5.74, 6) is 1.12. The Morgan fingerprint density at radius 3 is 2.72 bits per heavy atom. The summed E-state index contributed by atoms with van der Waals surface area (Å²) in [6, 6.07) is 0.154. The molecule has 0 saturated carbocycles. The Bertz CT molecular complexity index is 537. The van der Waals surface area contributed by atoms with E-state index in [0.717, 1.165) is 6.54 Å². The first kappa shape index (κ1) is 12.1. The second-order valence-electron chi connectivity index (χ2n) is 3.80. The average molecular weight is 249 g/mol. The summed E-state index contributed by atoms with van der Waals surface area (Å²) >= 11 is 0. The second kappa shape index (κ2) is 4.86. The molecule has 0 saturated heterocycles. The summed E-state index contributed by atoms with van der Waals surface area (Å²) in [5.41, 5.74) is 5.59. The monoisotopic (exact) mass is 249 g/mol. The number of hydrogen-bond acceptors (Lipinski definition) is 7. The molecule has 0 aromatic carbocycles. The lowest BCUT2D eigenvalue weighted by atomic mass is 10.6. The Labute approximate surface area is 104 Å². The maximum atomic E-state index is 5.59. The van der Waals surface area contributed by atoms with Crippen LogP contribution in [0.4, 0.5) is 11.9 Å². The SMILES string of the molecule is CCn1cc(Oc2nc(N)nc(N(C)C)n2)cn1. The summed E-state index contributed by atoms with van der Waals surface area (Å²) in [5, 5.41) is 4.09. The van der Waals surface area contributed by atoms with E-state index < -0.39 is 0 Å². The maximum Gasteiger partial charge on any atom is 0.328 e. The molecule has 8 nitrogen and oxygen atoms in total. The van der Waals surface area contributed by atoms with E-state index in [4.69, 9.17) is 10.5 Å². The molecule has 0 spiro atoms. The van der Waals surface area contributed by atoms with Crippen molar-refractivity contribution in [3.8, 4) is 11.8 Å². The van der Waals surface area contributed by atoms with Gasteiger partial charge in [-0.3, -0.25) is 4.68 Å². The predicted octanol–water partition coefficient (Wildman–Crippen LogP) is 0.528. The van der Waals surface area contributed by atoms with E-state index >= 15 is 0 Å². The molecule has 0 aliphatic carbocycles. The molecule has 0 amide bonds. The van der Waals surface area contributed by atoms with Gasteiger partial charge in [-0.25, -0.2) is 0 Å². The summed E-state index contributed by atoms with van der Waals surface area (Å²) in [6.45, 7) is 2.76. The Morgan fingerprint density at radius 2 is 2.11 bits per heavy atom. The molecule has 2 heterocycles. The zero-order valence-corrected chi connectivity index (χ0v) is 10.5. The lowest BCUT2D eigenvalue weighted by molar-refractivity contribution is 0.440. The number of nitrogens with two attached hydrogens (primary N) is 1. The largest absolute Gasteiger partial charge is 0.421 e. The number of nitrogens with zero attached hydrogens (tertiary/aromatic N) is 6. The predicted molar refractivity (Wildman–Crippen MR) is 66.5 cm³/mol. The molecule has 0 aliphatic rings. The van der Waals surface area contributed by atoms with Crippen LogP contribution in [-0.2, 0) is 6.54 Å². The highest BCUT2D eigenvalue weighted by Crippen LogP contribution is 2.18. The number of aryl methyl sites for hydroxylation is 1. The smallest absolute Gasteiger partial charge is 0.328 e. The van der Waals surface area contributed by atoms with Gasteiger partial charge < -0.3 is 15.4 Å². The third-order valence-corrected chi connectivity index (χ3v) is 2.16. The zero-order valence-electron chi connectivity index (χ0n) is 10.5. The number of aromatic nitrogens is 5. The Balaban J connectivity index is 2.23. The van der Waals surface area contributed by atoms with Crippen LogP contribution in [0.3, 0.4) is 0 Å². The third kappa shape index (κ3) is 2.65. The minimum absolute atomic E-state index is 0.117. The van der Waals surface area contributed by atoms with Gasteiger partial charge in [0, 0.05) is 20.6 Å². The van der Waals surface area contributed by atoms with E-state index in [1.807, 2.05) is 21.0 Å². The van der Waals surface area contributed by atoms with Crippen LogP contribution >= 0.6 is 0 Å². The van der Waals surface area contributed by atoms with Gasteiger partial charge >= 0.3 is 6.01 Å². The topological polar surface area (TPSA) is 95.0 Å². The minimum atomic E-state index is 0.117. The molecule has 18 heavy (non-hydrogen) atoms. The quantitative estimate of drug-likeness (QED) is 0.844. The Morgan fingerprint density at radius 1 is 1.33 bits per heavy atom. The summed E-state index contributed by atoms with van der Waals surface area (Å²) in [7, 11) is 3.63. The highest BCUT2D eigenvalue weighted by molar-refractivity contribution is 5.34. The van der Waals surface area contributed by atoms with Gasteiger partial charge in [0.2, 0.25) is 11.9 Å². The molecule has 0 aliphatic heterocycles. The van der Waals surface area contributed by atoms with Crippen LogP contribution < -0.4 is 15.4 Å². The second-order valence-corrected chi connectivity index (χ2v) is 3.80.